The van der Waals surface area contributed by atoms with E-state index in [2.05, 4.69) is 10.3 Å². The van der Waals surface area contributed by atoms with Gasteiger partial charge < -0.3 is 11.1 Å². The van der Waals surface area contributed by atoms with E-state index in [-0.39, 0.29) is 11.9 Å². The number of carbonyl (C=O) groups excluding carboxylic acids is 1. The summed E-state index contributed by atoms with van der Waals surface area (Å²) in [5, 5.41) is 4.01. The number of thiazole rings is 1. The van der Waals surface area contributed by atoms with E-state index in [1.54, 1.807) is 17.4 Å². The van der Waals surface area contributed by atoms with E-state index >= 15 is 0 Å². The highest BCUT2D eigenvalue weighted by atomic mass is 32.1. The molecule has 1 aromatic heterocycles. The van der Waals surface area contributed by atoms with Gasteiger partial charge in [0, 0.05) is 10.6 Å². The first-order valence-corrected chi connectivity index (χ1v) is 7.31. The van der Waals surface area contributed by atoms with Crippen LogP contribution in [0.3, 0.4) is 0 Å². The molecule has 20 heavy (non-hydrogen) atoms. The molecule has 0 aliphatic heterocycles. The smallest absolute Gasteiger partial charge is 0.254 e. The van der Waals surface area contributed by atoms with Gasteiger partial charge in [0.2, 0.25) is 0 Å². The summed E-state index contributed by atoms with van der Waals surface area (Å²) in [7, 11) is 0. The number of hydrogen-bond donors (Lipinski definition) is 2. The Morgan fingerprint density at radius 1 is 1.35 bits per heavy atom. The van der Waals surface area contributed by atoms with Crippen LogP contribution in [-0.4, -0.2) is 10.9 Å². The summed E-state index contributed by atoms with van der Waals surface area (Å²) in [5.74, 6) is -0.140. The second kappa shape index (κ2) is 5.63. The zero-order valence-electron chi connectivity index (χ0n) is 12.2. The van der Waals surface area contributed by atoms with Gasteiger partial charge in [0.1, 0.15) is 0 Å². The number of nitrogens with two attached hydrogens (primary N) is 1. The zero-order chi connectivity index (χ0) is 14.9. The van der Waals surface area contributed by atoms with Crippen molar-refractivity contribution >= 4 is 22.9 Å². The molecule has 0 fully saturated rings. The maximum atomic E-state index is 12.4. The Hall–Kier alpha value is -1.88. The zero-order valence-corrected chi connectivity index (χ0v) is 13.0. The molecule has 0 saturated carbocycles. The number of anilines is 1. The number of nitrogen functional groups attached to an aromatic ring is 1. The van der Waals surface area contributed by atoms with Crippen molar-refractivity contribution < 1.29 is 4.79 Å². The van der Waals surface area contributed by atoms with Gasteiger partial charge in [-0.05, 0) is 39.3 Å². The SMILES string of the molecule is Cc1nc(C)c(C(C)NC(=O)c2c(C)cccc2N)s1. The van der Waals surface area contributed by atoms with Crippen molar-refractivity contribution in [2.75, 3.05) is 5.73 Å². The molecule has 5 heteroatoms. The van der Waals surface area contributed by atoms with Gasteiger partial charge in [0.25, 0.3) is 5.91 Å². The number of carbonyl (C=O) groups is 1. The van der Waals surface area contributed by atoms with Gasteiger partial charge in [-0.1, -0.05) is 12.1 Å². The molecule has 0 radical (unpaired) electrons. The van der Waals surface area contributed by atoms with Gasteiger partial charge in [-0.3, -0.25) is 4.79 Å². The van der Waals surface area contributed by atoms with Crippen molar-refractivity contribution in [2.45, 2.75) is 33.7 Å². The number of aryl methyl sites for hydroxylation is 3. The third kappa shape index (κ3) is 2.82. The number of rotatable bonds is 3. The third-order valence-electron chi connectivity index (χ3n) is 3.21. The van der Waals surface area contributed by atoms with Crippen LogP contribution < -0.4 is 11.1 Å². The normalized spacial score (nSPS) is 12.2. The van der Waals surface area contributed by atoms with E-state index in [9.17, 15) is 4.79 Å². The van der Waals surface area contributed by atoms with E-state index in [1.165, 1.54) is 0 Å². The number of benzene rings is 1. The quantitative estimate of drug-likeness (QED) is 0.853. The minimum absolute atomic E-state index is 0.0762. The number of aromatic nitrogens is 1. The van der Waals surface area contributed by atoms with Crippen molar-refractivity contribution in [2.24, 2.45) is 0 Å². The summed E-state index contributed by atoms with van der Waals surface area (Å²) in [6.07, 6.45) is 0. The van der Waals surface area contributed by atoms with Gasteiger partial charge >= 0.3 is 0 Å². The predicted molar refractivity (Wildman–Crippen MR) is 83.1 cm³/mol. The van der Waals surface area contributed by atoms with Crippen LogP contribution in [0, 0.1) is 20.8 Å². The van der Waals surface area contributed by atoms with E-state index in [1.807, 2.05) is 39.8 Å². The monoisotopic (exact) mass is 289 g/mol. The summed E-state index contributed by atoms with van der Waals surface area (Å²) in [6.45, 7) is 7.78. The largest absolute Gasteiger partial charge is 0.398 e. The number of amides is 1. The summed E-state index contributed by atoms with van der Waals surface area (Å²) in [5.41, 5.74) is 8.81. The second-order valence-corrected chi connectivity index (χ2v) is 6.15. The Labute approximate surface area is 123 Å². The fourth-order valence-corrected chi connectivity index (χ4v) is 3.21. The van der Waals surface area contributed by atoms with Crippen LogP contribution >= 0.6 is 11.3 Å². The minimum atomic E-state index is -0.140. The molecule has 1 unspecified atom stereocenters. The van der Waals surface area contributed by atoms with Crippen molar-refractivity contribution in [1.82, 2.24) is 10.3 Å². The van der Waals surface area contributed by atoms with Gasteiger partial charge in [0.15, 0.2) is 0 Å². The van der Waals surface area contributed by atoms with Crippen LogP contribution in [0.2, 0.25) is 0 Å². The average molecular weight is 289 g/mol. The fraction of sp³-hybridized carbons (Fsp3) is 0.333. The molecule has 3 N–H and O–H groups in total. The van der Waals surface area contributed by atoms with Crippen LogP contribution in [0.1, 0.15) is 44.5 Å². The lowest BCUT2D eigenvalue weighted by molar-refractivity contribution is 0.0940. The van der Waals surface area contributed by atoms with Crippen molar-refractivity contribution in [3.05, 3.63) is 44.9 Å². The summed E-state index contributed by atoms with van der Waals surface area (Å²) in [6, 6.07) is 5.40. The molecule has 0 spiro atoms. The lowest BCUT2D eigenvalue weighted by Crippen LogP contribution is -2.28. The molecular formula is C15H19N3OS. The summed E-state index contributed by atoms with van der Waals surface area (Å²) in [4.78, 5) is 17.9. The highest BCUT2D eigenvalue weighted by Gasteiger charge is 2.18. The molecule has 106 valence electrons. The second-order valence-electron chi connectivity index (χ2n) is 4.92. The molecule has 1 atom stereocenters. The first-order valence-electron chi connectivity index (χ1n) is 6.50. The molecule has 2 rings (SSSR count). The first kappa shape index (κ1) is 14.5. The van der Waals surface area contributed by atoms with E-state index in [4.69, 9.17) is 5.73 Å². The standard InChI is InChI=1S/C15H19N3OS/c1-8-6-5-7-12(16)13(8)15(19)18-10(3)14-9(2)17-11(4)20-14/h5-7,10H,16H2,1-4H3,(H,18,19). The number of hydrogen-bond acceptors (Lipinski definition) is 4. The Bertz CT molecular complexity index is 628. The summed E-state index contributed by atoms with van der Waals surface area (Å²) >= 11 is 1.61. The van der Waals surface area contributed by atoms with E-state index < -0.39 is 0 Å². The molecule has 1 amide bonds. The van der Waals surface area contributed by atoms with Crippen molar-refractivity contribution in [3.63, 3.8) is 0 Å². The van der Waals surface area contributed by atoms with Gasteiger partial charge in [-0.2, -0.15) is 0 Å². The van der Waals surface area contributed by atoms with Crippen LogP contribution in [-0.2, 0) is 0 Å². The fourth-order valence-electron chi connectivity index (χ4n) is 2.28. The van der Waals surface area contributed by atoms with Crippen molar-refractivity contribution in [1.29, 1.82) is 0 Å². The molecule has 0 aliphatic rings. The Kier molecular flexibility index (Phi) is 4.09. The number of nitrogens with zero attached hydrogens (tertiary/aromatic N) is 1. The van der Waals surface area contributed by atoms with Crippen LogP contribution in [0.25, 0.3) is 0 Å². The molecule has 0 saturated heterocycles. The van der Waals surface area contributed by atoms with Crippen molar-refractivity contribution in [3.8, 4) is 0 Å². The molecular weight excluding hydrogens is 270 g/mol. The Balaban J connectivity index is 2.22. The minimum Gasteiger partial charge on any atom is -0.398 e. The number of nitrogens with one attached hydrogen (secondary N) is 1. The molecule has 2 aromatic rings. The average Bonchev–Trinajstić information content (AvgIpc) is 2.68. The summed E-state index contributed by atoms with van der Waals surface area (Å²) < 4.78 is 0. The highest BCUT2D eigenvalue weighted by Crippen LogP contribution is 2.25. The van der Waals surface area contributed by atoms with Gasteiger partial charge in [0.05, 0.1) is 22.3 Å². The van der Waals surface area contributed by atoms with Gasteiger partial charge in [-0.25, -0.2) is 4.98 Å². The molecule has 0 aliphatic carbocycles. The highest BCUT2D eigenvalue weighted by molar-refractivity contribution is 7.11. The third-order valence-corrected chi connectivity index (χ3v) is 4.47. The van der Waals surface area contributed by atoms with Crippen LogP contribution in [0.5, 0.6) is 0 Å². The van der Waals surface area contributed by atoms with E-state index in [0.717, 1.165) is 21.1 Å². The first-order chi connectivity index (χ1) is 9.40. The Morgan fingerprint density at radius 2 is 2.05 bits per heavy atom. The van der Waals surface area contributed by atoms with Crippen LogP contribution in [0.15, 0.2) is 18.2 Å². The molecule has 1 heterocycles. The topological polar surface area (TPSA) is 68.0 Å². The van der Waals surface area contributed by atoms with E-state index in [0.29, 0.717) is 11.3 Å². The maximum absolute atomic E-state index is 12.4. The molecule has 4 nitrogen and oxygen atoms in total. The predicted octanol–water partition coefficient (Wildman–Crippen LogP) is 3.14. The molecule has 1 aromatic carbocycles. The Morgan fingerprint density at radius 3 is 2.60 bits per heavy atom. The lowest BCUT2D eigenvalue weighted by Gasteiger charge is -2.15. The maximum Gasteiger partial charge on any atom is 0.254 e. The van der Waals surface area contributed by atoms with Gasteiger partial charge in [-0.15, -0.1) is 11.3 Å². The molecule has 0 bridgehead atoms. The lowest BCUT2D eigenvalue weighted by atomic mass is 10.1. The van der Waals surface area contributed by atoms with Crippen LogP contribution in [0.4, 0.5) is 5.69 Å².